The molecular formula is C34H45F2N7O6. The molecule has 0 spiro atoms. The van der Waals surface area contributed by atoms with Gasteiger partial charge in [-0.05, 0) is 86.8 Å². The molecule has 2 saturated carbocycles. The van der Waals surface area contributed by atoms with E-state index in [1.54, 1.807) is 17.9 Å². The molecule has 0 bridgehead atoms. The van der Waals surface area contributed by atoms with Crippen molar-refractivity contribution in [1.29, 1.82) is 0 Å². The summed E-state index contributed by atoms with van der Waals surface area (Å²) in [5.74, 6) is -3.68. The molecule has 49 heavy (non-hydrogen) atoms. The monoisotopic (exact) mass is 685 g/mol. The molecule has 1 unspecified atom stereocenters. The van der Waals surface area contributed by atoms with Gasteiger partial charge >= 0.3 is 0 Å². The van der Waals surface area contributed by atoms with Crippen molar-refractivity contribution in [2.45, 2.75) is 82.3 Å². The third-order valence-corrected chi connectivity index (χ3v) is 9.97. The quantitative estimate of drug-likeness (QED) is 0.305. The summed E-state index contributed by atoms with van der Waals surface area (Å²) in [5.41, 5.74) is 1.39. The van der Waals surface area contributed by atoms with Gasteiger partial charge in [-0.2, -0.15) is 0 Å². The van der Waals surface area contributed by atoms with Crippen LogP contribution in [0.5, 0.6) is 0 Å². The topological polar surface area (TPSA) is 159 Å². The van der Waals surface area contributed by atoms with Crippen molar-refractivity contribution in [1.82, 2.24) is 30.7 Å². The molecule has 3 aliphatic rings. The molecule has 4 amide bonds. The summed E-state index contributed by atoms with van der Waals surface area (Å²) in [4.78, 5) is 57.2. The van der Waals surface area contributed by atoms with Gasteiger partial charge in [-0.25, -0.2) is 13.4 Å². The number of nitrogens with one attached hydrogen (secondary N) is 3. The Morgan fingerprint density at radius 1 is 1.10 bits per heavy atom. The number of ether oxygens (including phenoxy) is 1. The molecule has 4 atom stereocenters. The van der Waals surface area contributed by atoms with Gasteiger partial charge in [-0.3, -0.25) is 19.2 Å². The van der Waals surface area contributed by atoms with Crippen LogP contribution in [0.2, 0.25) is 0 Å². The van der Waals surface area contributed by atoms with Crippen LogP contribution in [0.15, 0.2) is 34.7 Å². The first-order valence-corrected chi connectivity index (χ1v) is 16.8. The van der Waals surface area contributed by atoms with Crippen LogP contribution < -0.4 is 16.0 Å². The molecule has 266 valence electrons. The minimum absolute atomic E-state index is 0.0118. The number of hydrogen-bond acceptors (Lipinski definition) is 9. The second-order valence-electron chi connectivity index (χ2n) is 13.4. The Hall–Kier alpha value is -4.24. The van der Waals surface area contributed by atoms with Crippen molar-refractivity contribution in [3.63, 3.8) is 0 Å². The van der Waals surface area contributed by atoms with E-state index in [0.717, 1.165) is 12.8 Å². The number of benzene rings is 1. The molecule has 15 heteroatoms. The molecule has 2 aliphatic carbocycles. The number of hydrogen-bond donors (Lipinski definition) is 3. The Balaban J connectivity index is 1.33. The lowest BCUT2D eigenvalue weighted by Crippen LogP contribution is -2.58. The van der Waals surface area contributed by atoms with Crippen LogP contribution in [0.3, 0.4) is 0 Å². The number of amides is 4. The fraction of sp³-hybridized carbons (Fsp3) is 0.588. The Kier molecular flexibility index (Phi) is 11.8. The van der Waals surface area contributed by atoms with E-state index in [2.05, 4.69) is 31.2 Å². The summed E-state index contributed by atoms with van der Waals surface area (Å²) in [6.45, 7) is 5.15. The van der Waals surface area contributed by atoms with Crippen molar-refractivity contribution < 1.29 is 37.3 Å². The van der Waals surface area contributed by atoms with Crippen molar-refractivity contribution in [3.8, 4) is 0 Å². The third-order valence-electron chi connectivity index (χ3n) is 9.97. The fourth-order valence-electron chi connectivity index (χ4n) is 6.55. The molecule has 3 fully saturated rings. The van der Waals surface area contributed by atoms with Gasteiger partial charge in [0.1, 0.15) is 30.2 Å². The highest BCUT2D eigenvalue weighted by Crippen LogP contribution is 2.40. The molecule has 2 heterocycles. The summed E-state index contributed by atoms with van der Waals surface area (Å²) in [5, 5.41) is 15.8. The van der Waals surface area contributed by atoms with E-state index >= 15 is 4.39 Å². The average molecular weight is 686 g/mol. The predicted octanol–water partition coefficient (Wildman–Crippen LogP) is 3.26. The van der Waals surface area contributed by atoms with E-state index in [-0.39, 0.29) is 41.8 Å². The van der Waals surface area contributed by atoms with Gasteiger partial charge in [-0.15, -0.1) is 0 Å². The Labute approximate surface area is 284 Å². The maximum Gasteiger partial charge on any atom is 0.276 e. The molecule has 5 rings (SSSR count). The summed E-state index contributed by atoms with van der Waals surface area (Å²) in [6, 6.07) is 2.28. The number of piperazine rings is 1. The normalized spacial score (nSPS) is 21.8. The average Bonchev–Trinajstić information content (AvgIpc) is 3.82. The van der Waals surface area contributed by atoms with E-state index in [1.807, 2.05) is 14.0 Å². The number of nitrogens with zero attached hydrogens (tertiary/aromatic N) is 4. The molecule has 1 aromatic heterocycles. The van der Waals surface area contributed by atoms with Crippen molar-refractivity contribution in [3.05, 3.63) is 52.9 Å². The molecule has 3 N–H and O–H groups in total. The molecule has 1 saturated heterocycles. The van der Waals surface area contributed by atoms with Gasteiger partial charge in [-0.1, -0.05) is 18.1 Å². The smallest absolute Gasteiger partial charge is 0.276 e. The third kappa shape index (κ3) is 8.68. The zero-order valence-electron chi connectivity index (χ0n) is 28.3. The highest BCUT2D eigenvalue weighted by atomic mass is 19.1. The number of carbonyl (C=O) groups is 4. The highest BCUT2D eigenvalue weighted by Gasteiger charge is 2.38. The van der Waals surface area contributed by atoms with E-state index < -0.39 is 41.5 Å². The first kappa shape index (κ1) is 36.1. The number of halogens is 2. The van der Waals surface area contributed by atoms with E-state index in [0.29, 0.717) is 68.5 Å². The zero-order valence-corrected chi connectivity index (χ0v) is 28.3. The SMILES string of the molecule is COCC(=O)N[C@@H](C(=O)N1CCN(C)[C@H](C)C1)[C@@H](C)c1ccc(NC(=O)C(NC(=O)c2nonc2C2CC2)C2CCC(=CF)CC2)c(F)c1. The number of rotatable bonds is 12. The van der Waals surface area contributed by atoms with Gasteiger partial charge in [0.15, 0.2) is 5.69 Å². The maximum absolute atomic E-state index is 15.7. The molecule has 1 aliphatic heterocycles. The first-order chi connectivity index (χ1) is 23.5. The molecule has 13 nitrogen and oxygen atoms in total. The van der Waals surface area contributed by atoms with Gasteiger partial charge < -0.3 is 30.5 Å². The summed E-state index contributed by atoms with van der Waals surface area (Å²) in [7, 11) is 3.37. The predicted molar refractivity (Wildman–Crippen MR) is 175 cm³/mol. The van der Waals surface area contributed by atoms with Crippen LogP contribution in [-0.4, -0.2) is 102 Å². The molecule has 2 aromatic rings. The van der Waals surface area contributed by atoms with Crippen molar-refractivity contribution in [2.24, 2.45) is 5.92 Å². The molecular weight excluding hydrogens is 640 g/mol. The van der Waals surface area contributed by atoms with E-state index in [4.69, 9.17) is 9.37 Å². The van der Waals surface area contributed by atoms with E-state index in [9.17, 15) is 23.6 Å². The lowest BCUT2D eigenvalue weighted by atomic mass is 9.81. The van der Waals surface area contributed by atoms with E-state index in [1.165, 1.54) is 19.2 Å². The largest absolute Gasteiger partial charge is 0.375 e. The Morgan fingerprint density at radius 2 is 1.84 bits per heavy atom. The number of methoxy groups -OCH3 is 1. The van der Waals surface area contributed by atoms with Crippen LogP contribution >= 0.6 is 0 Å². The van der Waals surface area contributed by atoms with Crippen molar-refractivity contribution >= 4 is 29.3 Å². The second-order valence-corrected chi connectivity index (χ2v) is 13.4. The molecule has 1 aromatic carbocycles. The van der Waals surface area contributed by atoms with Crippen LogP contribution in [0, 0.1) is 11.7 Å². The summed E-state index contributed by atoms with van der Waals surface area (Å²) >= 11 is 0. The van der Waals surface area contributed by atoms with Crippen LogP contribution in [0.1, 0.15) is 86.0 Å². The lowest BCUT2D eigenvalue weighted by Gasteiger charge is -2.40. The number of likely N-dealkylation sites (N-methyl/N-ethyl adjacent to an activating group) is 1. The van der Waals surface area contributed by atoms with Crippen LogP contribution in [0.4, 0.5) is 14.5 Å². The highest BCUT2D eigenvalue weighted by molar-refractivity contribution is 6.01. The van der Waals surface area contributed by atoms with Crippen LogP contribution in [-0.2, 0) is 19.1 Å². The van der Waals surface area contributed by atoms with Gasteiger partial charge in [0.2, 0.25) is 17.7 Å². The minimum Gasteiger partial charge on any atom is -0.375 e. The van der Waals surface area contributed by atoms with Crippen molar-refractivity contribution in [2.75, 3.05) is 45.7 Å². The summed E-state index contributed by atoms with van der Waals surface area (Å²) in [6.07, 6.45) is 4.03. The lowest BCUT2D eigenvalue weighted by molar-refractivity contribution is -0.140. The second kappa shape index (κ2) is 16.0. The first-order valence-electron chi connectivity index (χ1n) is 16.8. The minimum atomic E-state index is -1.07. The maximum atomic E-state index is 15.7. The standard InChI is InChI=1S/C34H45F2N7O6/c1-19-17-43(14-13-42(19)3)34(47)28(38-27(44)18-48-4)20(2)24-11-12-26(25(36)15-24)37-32(45)30(23-7-5-21(16-35)6-8-23)39-33(46)31-29(22-9-10-22)40-49-41-31/h11-12,15-16,19-20,22-23,28,30H,5-10,13-14,17-18H2,1-4H3,(H,37,45)(H,38,44)(H,39,46)/t19-,20+,23?,28-,30?/m1/s1. The van der Waals surface area contributed by atoms with Gasteiger partial charge in [0.05, 0.1) is 12.0 Å². The zero-order chi connectivity index (χ0) is 35.2. The van der Waals surface area contributed by atoms with Gasteiger partial charge in [0.25, 0.3) is 5.91 Å². The number of aromatic nitrogens is 2. The molecule has 0 radical (unpaired) electrons. The Bertz CT molecular complexity index is 1550. The van der Waals surface area contributed by atoms with Gasteiger partial charge in [0, 0.05) is 44.6 Å². The Morgan fingerprint density at radius 3 is 2.47 bits per heavy atom. The number of carbonyl (C=O) groups excluding carboxylic acids is 4. The fourth-order valence-corrected chi connectivity index (χ4v) is 6.55. The number of anilines is 1. The van der Waals surface area contributed by atoms with Crippen LogP contribution in [0.25, 0.3) is 0 Å². The number of allylic oxidation sites excluding steroid dienone is 1. The summed E-state index contributed by atoms with van der Waals surface area (Å²) < 4.78 is 38.7.